The SMILES string of the molecule is CCCC(C)(N)C(=O)NCCC(=O)NC(C)CC.Cl. The summed E-state index contributed by atoms with van der Waals surface area (Å²) in [5.41, 5.74) is 5.03. The molecule has 0 aliphatic carbocycles. The molecule has 0 aromatic heterocycles. The van der Waals surface area contributed by atoms with Gasteiger partial charge in [0.05, 0.1) is 5.54 Å². The number of nitrogens with two attached hydrogens (primary N) is 1. The molecule has 0 radical (unpaired) electrons. The van der Waals surface area contributed by atoms with Crippen LogP contribution in [0.4, 0.5) is 0 Å². The van der Waals surface area contributed by atoms with E-state index in [0.29, 0.717) is 13.0 Å². The minimum absolute atomic E-state index is 0. The molecule has 4 N–H and O–H groups in total. The van der Waals surface area contributed by atoms with Crippen LogP contribution in [-0.4, -0.2) is 29.9 Å². The highest BCUT2D eigenvalue weighted by Crippen LogP contribution is 2.08. The zero-order chi connectivity index (χ0) is 14.2. The van der Waals surface area contributed by atoms with Gasteiger partial charge in [0.25, 0.3) is 0 Å². The number of hydrogen-bond donors (Lipinski definition) is 3. The Morgan fingerprint density at radius 3 is 2.37 bits per heavy atom. The summed E-state index contributed by atoms with van der Waals surface area (Å²) in [4.78, 5) is 23.2. The lowest BCUT2D eigenvalue weighted by Crippen LogP contribution is -2.52. The molecule has 5 nitrogen and oxygen atoms in total. The molecular weight excluding hydrogens is 266 g/mol. The maximum Gasteiger partial charge on any atom is 0.239 e. The van der Waals surface area contributed by atoms with Gasteiger partial charge in [0.2, 0.25) is 11.8 Å². The number of carbonyl (C=O) groups is 2. The minimum atomic E-state index is -0.845. The van der Waals surface area contributed by atoms with Crippen LogP contribution in [0.1, 0.15) is 53.4 Å². The van der Waals surface area contributed by atoms with Gasteiger partial charge in [0, 0.05) is 19.0 Å². The van der Waals surface area contributed by atoms with Crippen molar-refractivity contribution in [1.82, 2.24) is 10.6 Å². The fourth-order valence-corrected chi connectivity index (χ4v) is 1.57. The van der Waals surface area contributed by atoms with E-state index < -0.39 is 5.54 Å². The molecule has 0 aliphatic heterocycles. The summed E-state index contributed by atoms with van der Waals surface area (Å²) >= 11 is 0. The topological polar surface area (TPSA) is 84.2 Å². The quantitative estimate of drug-likeness (QED) is 0.631. The summed E-state index contributed by atoms with van der Waals surface area (Å²) in [5, 5.41) is 5.55. The summed E-state index contributed by atoms with van der Waals surface area (Å²) in [6.07, 6.45) is 2.68. The van der Waals surface area contributed by atoms with Crippen molar-refractivity contribution in [3.63, 3.8) is 0 Å². The fraction of sp³-hybridized carbons (Fsp3) is 0.846. The van der Waals surface area contributed by atoms with E-state index in [1.807, 2.05) is 20.8 Å². The highest BCUT2D eigenvalue weighted by molar-refractivity contribution is 5.86. The van der Waals surface area contributed by atoms with Crippen LogP contribution in [0.3, 0.4) is 0 Å². The van der Waals surface area contributed by atoms with Gasteiger partial charge in [-0.05, 0) is 26.7 Å². The van der Waals surface area contributed by atoms with Crippen LogP contribution in [0.2, 0.25) is 0 Å². The first-order valence-corrected chi connectivity index (χ1v) is 6.70. The van der Waals surface area contributed by atoms with Gasteiger partial charge in [0.1, 0.15) is 0 Å². The van der Waals surface area contributed by atoms with Gasteiger partial charge in [-0.25, -0.2) is 0 Å². The third-order valence-corrected chi connectivity index (χ3v) is 2.95. The summed E-state index contributed by atoms with van der Waals surface area (Å²) in [6, 6.07) is 0.174. The van der Waals surface area contributed by atoms with Crippen molar-refractivity contribution in [3.8, 4) is 0 Å². The summed E-state index contributed by atoms with van der Waals surface area (Å²) in [5.74, 6) is -0.237. The smallest absolute Gasteiger partial charge is 0.239 e. The van der Waals surface area contributed by atoms with Crippen molar-refractivity contribution in [3.05, 3.63) is 0 Å². The zero-order valence-electron chi connectivity index (χ0n) is 12.4. The molecule has 0 aromatic rings. The number of hydrogen-bond acceptors (Lipinski definition) is 3. The lowest BCUT2D eigenvalue weighted by atomic mass is 9.96. The summed E-state index contributed by atoms with van der Waals surface area (Å²) < 4.78 is 0. The summed E-state index contributed by atoms with van der Waals surface area (Å²) in [6.45, 7) is 7.99. The van der Waals surface area contributed by atoms with Gasteiger partial charge >= 0.3 is 0 Å². The maximum absolute atomic E-state index is 11.7. The van der Waals surface area contributed by atoms with Gasteiger partial charge in [-0.1, -0.05) is 20.3 Å². The molecule has 0 heterocycles. The van der Waals surface area contributed by atoms with Gasteiger partial charge in [-0.2, -0.15) is 0 Å². The number of nitrogens with one attached hydrogen (secondary N) is 2. The first-order valence-electron chi connectivity index (χ1n) is 6.70. The molecule has 0 saturated carbocycles. The third kappa shape index (κ3) is 8.83. The van der Waals surface area contributed by atoms with Crippen molar-refractivity contribution in [1.29, 1.82) is 0 Å². The Morgan fingerprint density at radius 1 is 1.32 bits per heavy atom. The largest absolute Gasteiger partial charge is 0.354 e. The fourth-order valence-electron chi connectivity index (χ4n) is 1.57. The van der Waals surface area contributed by atoms with E-state index in [0.717, 1.165) is 12.8 Å². The zero-order valence-corrected chi connectivity index (χ0v) is 13.2. The molecule has 2 amide bonds. The number of carbonyl (C=O) groups excluding carboxylic acids is 2. The van der Waals surface area contributed by atoms with Crippen molar-refractivity contribution >= 4 is 24.2 Å². The number of amides is 2. The van der Waals surface area contributed by atoms with E-state index >= 15 is 0 Å². The van der Waals surface area contributed by atoms with Crippen LogP contribution in [0.5, 0.6) is 0 Å². The highest BCUT2D eigenvalue weighted by Gasteiger charge is 2.26. The number of rotatable bonds is 8. The Bertz CT molecular complexity index is 283. The highest BCUT2D eigenvalue weighted by atomic mass is 35.5. The minimum Gasteiger partial charge on any atom is -0.354 e. The second-order valence-corrected chi connectivity index (χ2v) is 5.05. The standard InChI is InChI=1S/C13H27N3O2.ClH/c1-5-8-13(4,14)12(18)15-9-7-11(17)16-10(3)6-2;/h10H,5-9,14H2,1-4H3,(H,15,18)(H,16,17);1H. The second-order valence-electron chi connectivity index (χ2n) is 5.05. The second kappa shape index (κ2) is 10.0. The molecular formula is C13H28ClN3O2. The normalized spacial score (nSPS) is 14.8. The van der Waals surface area contributed by atoms with Crippen LogP contribution >= 0.6 is 12.4 Å². The van der Waals surface area contributed by atoms with Crippen LogP contribution in [0.25, 0.3) is 0 Å². The molecule has 0 spiro atoms. The van der Waals surface area contributed by atoms with E-state index in [2.05, 4.69) is 10.6 Å². The van der Waals surface area contributed by atoms with E-state index in [1.165, 1.54) is 0 Å². The van der Waals surface area contributed by atoms with Crippen LogP contribution < -0.4 is 16.4 Å². The molecule has 19 heavy (non-hydrogen) atoms. The predicted molar refractivity (Wildman–Crippen MR) is 80.3 cm³/mol. The Kier molecular flexibility index (Phi) is 10.8. The van der Waals surface area contributed by atoms with E-state index in [4.69, 9.17) is 5.73 Å². The van der Waals surface area contributed by atoms with E-state index in [1.54, 1.807) is 6.92 Å². The van der Waals surface area contributed by atoms with Crippen LogP contribution in [-0.2, 0) is 9.59 Å². The van der Waals surface area contributed by atoms with Gasteiger partial charge in [0.15, 0.2) is 0 Å². The van der Waals surface area contributed by atoms with Crippen LogP contribution in [0.15, 0.2) is 0 Å². The van der Waals surface area contributed by atoms with Crippen molar-refractivity contribution in [2.24, 2.45) is 5.73 Å². The molecule has 0 aromatic carbocycles. The molecule has 0 fully saturated rings. The first kappa shape index (κ1) is 20.5. The molecule has 2 unspecified atom stereocenters. The molecule has 0 rings (SSSR count). The van der Waals surface area contributed by atoms with Crippen molar-refractivity contribution < 1.29 is 9.59 Å². The lowest BCUT2D eigenvalue weighted by Gasteiger charge is -2.22. The van der Waals surface area contributed by atoms with Gasteiger partial charge in [-0.3, -0.25) is 9.59 Å². The molecule has 0 bridgehead atoms. The average Bonchev–Trinajstić information content (AvgIpc) is 2.28. The van der Waals surface area contributed by atoms with Gasteiger partial charge < -0.3 is 16.4 Å². The Balaban J connectivity index is 0. The van der Waals surface area contributed by atoms with Crippen molar-refractivity contribution in [2.45, 2.75) is 65.0 Å². The molecule has 114 valence electrons. The lowest BCUT2D eigenvalue weighted by molar-refractivity contribution is -0.126. The average molecular weight is 294 g/mol. The van der Waals surface area contributed by atoms with Gasteiger partial charge in [-0.15, -0.1) is 12.4 Å². The molecule has 0 aliphatic rings. The van der Waals surface area contributed by atoms with Crippen molar-refractivity contribution in [2.75, 3.05) is 6.54 Å². The predicted octanol–water partition coefficient (Wildman–Crippen LogP) is 1.35. The Hall–Kier alpha value is -0.810. The van der Waals surface area contributed by atoms with Crippen LogP contribution in [0, 0.1) is 0 Å². The van der Waals surface area contributed by atoms with E-state index in [-0.39, 0.29) is 36.7 Å². The first-order chi connectivity index (χ1) is 8.33. The third-order valence-electron chi connectivity index (χ3n) is 2.95. The number of halogens is 1. The Labute approximate surface area is 122 Å². The monoisotopic (exact) mass is 293 g/mol. The molecule has 6 heteroatoms. The molecule has 2 atom stereocenters. The summed E-state index contributed by atoms with van der Waals surface area (Å²) in [7, 11) is 0. The Morgan fingerprint density at radius 2 is 1.89 bits per heavy atom. The van der Waals surface area contributed by atoms with E-state index in [9.17, 15) is 9.59 Å². The maximum atomic E-state index is 11.7. The molecule has 0 saturated heterocycles.